The first-order valence-electron chi connectivity index (χ1n) is 8.58. The molecule has 2 atom stereocenters. The van der Waals surface area contributed by atoms with E-state index in [9.17, 15) is 18.0 Å². The smallest absolute Gasteiger partial charge is 0.315 e. The van der Waals surface area contributed by atoms with E-state index in [1.807, 2.05) is 27.7 Å². The van der Waals surface area contributed by atoms with Crippen LogP contribution in [0.1, 0.15) is 37.3 Å². The van der Waals surface area contributed by atoms with Crippen LogP contribution in [0.2, 0.25) is 0 Å². The van der Waals surface area contributed by atoms with Crippen LogP contribution in [-0.2, 0) is 14.6 Å². The Labute approximate surface area is 158 Å². The second kappa shape index (κ2) is 8.34. The van der Waals surface area contributed by atoms with Crippen molar-refractivity contribution in [2.24, 2.45) is 5.92 Å². The van der Waals surface area contributed by atoms with Gasteiger partial charge in [0.1, 0.15) is 6.04 Å². The van der Waals surface area contributed by atoms with E-state index in [1.54, 1.807) is 0 Å². The summed E-state index contributed by atoms with van der Waals surface area (Å²) >= 11 is 1.39. The lowest BCUT2D eigenvalue weighted by molar-refractivity contribution is -0.118. The van der Waals surface area contributed by atoms with Gasteiger partial charge in [-0.05, 0) is 32.6 Å². The largest absolute Gasteiger partial charge is 0.334 e. The SMILES string of the molecule is Cc1nc(NC(=O)C(CC(C)C)NC(=O)NC2CCS(=O)(=O)C2)sc1C. The molecule has 8 nitrogen and oxygen atoms in total. The molecule has 2 heterocycles. The molecule has 1 aromatic heterocycles. The quantitative estimate of drug-likeness (QED) is 0.668. The molecule has 146 valence electrons. The number of carbonyl (C=O) groups is 2. The van der Waals surface area contributed by atoms with E-state index >= 15 is 0 Å². The van der Waals surface area contributed by atoms with Crippen LogP contribution >= 0.6 is 11.3 Å². The molecular weight excluding hydrogens is 376 g/mol. The average Bonchev–Trinajstić information content (AvgIpc) is 2.99. The van der Waals surface area contributed by atoms with Crippen LogP contribution in [0.15, 0.2) is 0 Å². The third-order valence-corrected chi connectivity index (χ3v) is 6.91. The van der Waals surface area contributed by atoms with Crippen molar-refractivity contribution in [3.8, 4) is 0 Å². The number of amides is 3. The Bertz CT molecular complexity index is 754. The Morgan fingerprint density at radius 2 is 2.00 bits per heavy atom. The first kappa shape index (κ1) is 20.6. The molecule has 0 aromatic carbocycles. The van der Waals surface area contributed by atoms with Crippen molar-refractivity contribution in [3.05, 3.63) is 10.6 Å². The Morgan fingerprint density at radius 3 is 2.50 bits per heavy atom. The fourth-order valence-corrected chi connectivity index (χ4v) is 5.21. The van der Waals surface area contributed by atoms with E-state index in [0.717, 1.165) is 10.6 Å². The summed E-state index contributed by atoms with van der Waals surface area (Å²) in [5, 5.41) is 8.57. The maximum atomic E-state index is 12.6. The molecule has 26 heavy (non-hydrogen) atoms. The molecule has 3 N–H and O–H groups in total. The van der Waals surface area contributed by atoms with Crippen molar-refractivity contribution in [1.82, 2.24) is 15.6 Å². The van der Waals surface area contributed by atoms with E-state index < -0.39 is 28.0 Å². The fraction of sp³-hybridized carbons (Fsp3) is 0.688. The molecule has 3 amide bonds. The zero-order valence-corrected chi connectivity index (χ0v) is 17.1. The Morgan fingerprint density at radius 1 is 1.31 bits per heavy atom. The third-order valence-electron chi connectivity index (χ3n) is 4.16. The molecule has 1 aliphatic rings. The van der Waals surface area contributed by atoms with Crippen LogP contribution in [0.3, 0.4) is 0 Å². The summed E-state index contributed by atoms with van der Waals surface area (Å²) in [7, 11) is -3.08. The van der Waals surface area contributed by atoms with Crippen LogP contribution in [0, 0.1) is 19.8 Å². The number of aromatic nitrogens is 1. The lowest BCUT2D eigenvalue weighted by atomic mass is 10.0. The van der Waals surface area contributed by atoms with Gasteiger partial charge in [0.05, 0.1) is 17.2 Å². The Balaban J connectivity index is 1.97. The van der Waals surface area contributed by atoms with Crippen LogP contribution in [0.5, 0.6) is 0 Å². The molecule has 0 aliphatic carbocycles. The van der Waals surface area contributed by atoms with Crippen molar-refractivity contribution < 1.29 is 18.0 Å². The second-order valence-corrected chi connectivity index (χ2v) is 10.5. The van der Waals surface area contributed by atoms with Gasteiger partial charge in [-0.2, -0.15) is 0 Å². The van der Waals surface area contributed by atoms with E-state index in [-0.39, 0.29) is 23.3 Å². The van der Waals surface area contributed by atoms with Gasteiger partial charge in [0.15, 0.2) is 15.0 Å². The third kappa shape index (κ3) is 5.94. The van der Waals surface area contributed by atoms with Gasteiger partial charge in [0, 0.05) is 10.9 Å². The lowest BCUT2D eigenvalue weighted by Crippen LogP contribution is -2.51. The van der Waals surface area contributed by atoms with Gasteiger partial charge in [0.25, 0.3) is 0 Å². The number of nitrogens with one attached hydrogen (secondary N) is 3. The number of carbonyl (C=O) groups excluding carboxylic acids is 2. The van der Waals surface area contributed by atoms with Crippen LogP contribution < -0.4 is 16.0 Å². The first-order chi connectivity index (χ1) is 12.1. The first-order valence-corrected chi connectivity index (χ1v) is 11.2. The van der Waals surface area contributed by atoms with Crippen molar-refractivity contribution in [2.45, 2.75) is 52.6 Å². The van der Waals surface area contributed by atoms with E-state index in [2.05, 4.69) is 20.9 Å². The predicted molar refractivity (Wildman–Crippen MR) is 102 cm³/mol. The normalized spacial score (nSPS) is 20.0. The molecule has 2 rings (SSSR count). The van der Waals surface area contributed by atoms with Crippen LogP contribution in [0.4, 0.5) is 9.93 Å². The summed E-state index contributed by atoms with van der Waals surface area (Å²) in [6.45, 7) is 7.71. The second-order valence-electron chi connectivity index (χ2n) is 7.05. The number of rotatable bonds is 6. The van der Waals surface area contributed by atoms with Crippen LogP contribution in [-0.4, -0.2) is 48.9 Å². The number of sulfone groups is 1. The van der Waals surface area contributed by atoms with Gasteiger partial charge in [-0.25, -0.2) is 18.2 Å². The number of aryl methyl sites for hydroxylation is 2. The highest BCUT2D eigenvalue weighted by atomic mass is 32.2. The topological polar surface area (TPSA) is 117 Å². The molecule has 0 radical (unpaired) electrons. The number of hydrogen-bond donors (Lipinski definition) is 3. The number of thiazole rings is 1. The van der Waals surface area contributed by atoms with Gasteiger partial charge in [-0.1, -0.05) is 13.8 Å². The molecule has 2 unspecified atom stereocenters. The van der Waals surface area contributed by atoms with Crippen molar-refractivity contribution in [3.63, 3.8) is 0 Å². The van der Waals surface area contributed by atoms with Gasteiger partial charge >= 0.3 is 6.03 Å². The summed E-state index contributed by atoms with van der Waals surface area (Å²) in [5.74, 6) is -0.116. The standard InChI is InChI=1S/C16H26N4O4S2/c1-9(2)7-13(14(21)20-16-17-10(3)11(4)25-16)19-15(22)18-12-5-6-26(23,24)8-12/h9,12-13H,5-8H2,1-4H3,(H,17,20,21)(H2,18,19,22). The minimum Gasteiger partial charge on any atom is -0.334 e. The van der Waals surface area contributed by atoms with Gasteiger partial charge in [-0.15, -0.1) is 11.3 Å². The predicted octanol–water partition coefficient (Wildman–Crippen LogP) is 1.60. The highest BCUT2D eigenvalue weighted by Crippen LogP contribution is 2.21. The molecule has 1 aromatic rings. The minimum absolute atomic E-state index is 0.0564. The number of nitrogens with zero attached hydrogens (tertiary/aromatic N) is 1. The van der Waals surface area contributed by atoms with E-state index in [1.165, 1.54) is 11.3 Å². The molecule has 0 bridgehead atoms. The van der Waals surface area contributed by atoms with Gasteiger partial charge < -0.3 is 16.0 Å². The summed E-state index contributed by atoms with van der Waals surface area (Å²) in [6.07, 6.45) is 0.861. The molecule has 0 spiro atoms. The van der Waals surface area contributed by atoms with E-state index in [0.29, 0.717) is 18.0 Å². The molecule has 1 saturated heterocycles. The number of anilines is 1. The van der Waals surface area contributed by atoms with Crippen molar-refractivity contribution in [2.75, 3.05) is 16.8 Å². The highest BCUT2D eigenvalue weighted by Gasteiger charge is 2.30. The summed E-state index contributed by atoms with van der Waals surface area (Å²) in [4.78, 5) is 30.1. The molecule has 10 heteroatoms. The Kier molecular flexibility index (Phi) is 6.62. The minimum atomic E-state index is -3.08. The zero-order valence-electron chi connectivity index (χ0n) is 15.5. The maximum Gasteiger partial charge on any atom is 0.315 e. The highest BCUT2D eigenvalue weighted by molar-refractivity contribution is 7.91. The summed E-state index contributed by atoms with van der Waals surface area (Å²) in [5.41, 5.74) is 0.860. The molecule has 1 aliphatic heterocycles. The van der Waals surface area contributed by atoms with Crippen molar-refractivity contribution in [1.29, 1.82) is 0 Å². The maximum absolute atomic E-state index is 12.6. The summed E-state index contributed by atoms with van der Waals surface area (Å²) in [6, 6.07) is -1.66. The lowest BCUT2D eigenvalue weighted by Gasteiger charge is -2.21. The molecule has 1 fully saturated rings. The number of urea groups is 1. The monoisotopic (exact) mass is 402 g/mol. The van der Waals surface area contributed by atoms with Crippen LogP contribution in [0.25, 0.3) is 0 Å². The zero-order chi connectivity index (χ0) is 19.5. The summed E-state index contributed by atoms with van der Waals surface area (Å²) < 4.78 is 23.0. The number of hydrogen-bond acceptors (Lipinski definition) is 6. The fourth-order valence-electron chi connectivity index (χ4n) is 2.72. The van der Waals surface area contributed by atoms with Gasteiger partial charge in [0.2, 0.25) is 5.91 Å². The average molecular weight is 403 g/mol. The van der Waals surface area contributed by atoms with Gasteiger partial charge in [-0.3, -0.25) is 4.79 Å². The molecule has 0 saturated carbocycles. The van der Waals surface area contributed by atoms with Crippen molar-refractivity contribution >= 4 is 38.2 Å². The van der Waals surface area contributed by atoms with E-state index in [4.69, 9.17) is 0 Å². The Hall–Kier alpha value is -1.68. The molecular formula is C16H26N4O4S2.